The first-order valence-corrected chi connectivity index (χ1v) is 7.30. The number of carbonyl (C=O) groups excluding carboxylic acids is 3. The molecule has 0 spiro atoms. The van der Waals surface area contributed by atoms with E-state index in [9.17, 15) is 14.4 Å². The molecule has 0 aliphatic carbocycles. The summed E-state index contributed by atoms with van der Waals surface area (Å²) in [5, 5.41) is 3.89. The van der Waals surface area contributed by atoms with Gasteiger partial charge < -0.3 is 0 Å². The lowest BCUT2D eigenvalue weighted by atomic mass is 9.94. The molecule has 0 radical (unpaired) electrons. The van der Waals surface area contributed by atoms with Crippen molar-refractivity contribution in [1.82, 2.24) is 5.32 Å². The van der Waals surface area contributed by atoms with Crippen LogP contribution in [0.3, 0.4) is 0 Å². The van der Waals surface area contributed by atoms with Gasteiger partial charge in [-0.05, 0) is 35.4 Å². The zero-order valence-electron chi connectivity index (χ0n) is 12.1. The van der Waals surface area contributed by atoms with Gasteiger partial charge in [0.05, 0.1) is 22.4 Å². The van der Waals surface area contributed by atoms with E-state index in [1.807, 2.05) is 30.3 Å². The van der Waals surface area contributed by atoms with Crippen LogP contribution in [0.5, 0.6) is 0 Å². The Morgan fingerprint density at radius 2 is 1.74 bits per heavy atom. The molecule has 0 saturated heterocycles. The highest BCUT2D eigenvalue weighted by atomic mass is 16.2. The number of nitrogens with zero attached hydrogens (tertiary/aromatic N) is 1. The Balaban J connectivity index is 1.68. The molecule has 2 heterocycles. The molecular formula is C18H12N2O3. The summed E-state index contributed by atoms with van der Waals surface area (Å²) in [5.74, 6) is -1.31. The summed E-state index contributed by atoms with van der Waals surface area (Å²) in [4.78, 5) is 39.6. The van der Waals surface area contributed by atoms with Crippen LogP contribution in [0.2, 0.25) is 0 Å². The molecule has 0 aromatic heterocycles. The molecule has 2 aromatic rings. The minimum atomic E-state index is -0.388. The number of para-hydroxylation sites is 1. The minimum Gasteiger partial charge on any atom is -0.288 e. The maximum Gasteiger partial charge on any atom is 0.258 e. The van der Waals surface area contributed by atoms with Crippen LogP contribution >= 0.6 is 0 Å². The predicted octanol–water partition coefficient (Wildman–Crippen LogP) is 0.369. The number of carbonyl (C=O) groups is 3. The Morgan fingerprint density at radius 3 is 2.61 bits per heavy atom. The monoisotopic (exact) mass is 304 g/mol. The van der Waals surface area contributed by atoms with Crippen LogP contribution in [0.15, 0.2) is 47.5 Å². The first-order chi connectivity index (χ1) is 11.1. The molecule has 23 heavy (non-hydrogen) atoms. The van der Waals surface area contributed by atoms with Crippen molar-refractivity contribution in [3.05, 3.63) is 69.7 Å². The molecule has 1 N–H and O–H groups in total. The number of rotatable bonds is 2. The number of fused-ring (bicyclic) bond motifs is 2. The van der Waals surface area contributed by atoms with Crippen LogP contribution in [0.1, 0.15) is 26.3 Å². The summed E-state index contributed by atoms with van der Waals surface area (Å²) in [5.41, 5.74) is 1.58. The van der Waals surface area contributed by atoms with Crippen LogP contribution in [0.25, 0.3) is 6.08 Å². The topological polar surface area (TPSA) is 75.6 Å². The van der Waals surface area contributed by atoms with Gasteiger partial charge in [0.1, 0.15) is 0 Å². The highest BCUT2D eigenvalue weighted by Gasteiger charge is 2.27. The summed E-state index contributed by atoms with van der Waals surface area (Å²) >= 11 is 0. The molecule has 1 unspecified atom stereocenters. The molecule has 5 heteroatoms. The summed E-state index contributed by atoms with van der Waals surface area (Å²) in [7, 11) is 0. The number of nitrogens with one attached hydrogen (secondary N) is 1. The second-order valence-electron chi connectivity index (χ2n) is 5.65. The highest BCUT2D eigenvalue weighted by molar-refractivity contribution is 6.21. The van der Waals surface area contributed by atoms with Gasteiger partial charge in [-0.1, -0.05) is 30.3 Å². The lowest BCUT2D eigenvalue weighted by molar-refractivity contribution is -0.120. The van der Waals surface area contributed by atoms with Gasteiger partial charge in [0.15, 0.2) is 0 Å². The van der Waals surface area contributed by atoms with Crippen LogP contribution in [-0.2, 0) is 11.2 Å². The zero-order chi connectivity index (χ0) is 16.0. The fraction of sp³-hybridized carbons (Fsp3) is 0.111. The van der Waals surface area contributed by atoms with Gasteiger partial charge in [-0.15, -0.1) is 0 Å². The van der Waals surface area contributed by atoms with Crippen molar-refractivity contribution >= 4 is 23.8 Å². The van der Waals surface area contributed by atoms with Gasteiger partial charge in [0, 0.05) is 0 Å². The average Bonchev–Trinajstić information content (AvgIpc) is 2.82. The third kappa shape index (κ3) is 2.26. The molecular weight excluding hydrogens is 292 g/mol. The fourth-order valence-electron chi connectivity index (χ4n) is 2.96. The molecule has 0 fully saturated rings. The second-order valence-corrected chi connectivity index (χ2v) is 5.65. The third-order valence-electron chi connectivity index (χ3n) is 4.12. The number of hydrogen-bond acceptors (Lipinski definition) is 3. The van der Waals surface area contributed by atoms with E-state index in [0.717, 1.165) is 10.8 Å². The summed E-state index contributed by atoms with van der Waals surface area (Å²) in [6.45, 7) is 0. The van der Waals surface area contributed by atoms with Crippen molar-refractivity contribution in [3.8, 4) is 0 Å². The lowest BCUT2D eigenvalue weighted by Crippen LogP contribution is -2.34. The second kappa shape index (κ2) is 4.98. The van der Waals surface area contributed by atoms with Crippen molar-refractivity contribution in [2.24, 2.45) is 10.9 Å². The maximum absolute atomic E-state index is 12.2. The van der Waals surface area contributed by atoms with Crippen molar-refractivity contribution in [2.75, 3.05) is 0 Å². The first-order valence-electron chi connectivity index (χ1n) is 7.30. The Morgan fingerprint density at radius 1 is 0.957 bits per heavy atom. The van der Waals surface area contributed by atoms with E-state index in [4.69, 9.17) is 0 Å². The minimum absolute atomic E-state index is 0.190. The van der Waals surface area contributed by atoms with Crippen molar-refractivity contribution < 1.29 is 14.4 Å². The van der Waals surface area contributed by atoms with Crippen LogP contribution < -0.4 is 15.9 Å². The number of amides is 3. The summed E-state index contributed by atoms with van der Waals surface area (Å²) in [6.07, 6.45) is 2.36. The Hall–Kier alpha value is -3.08. The Labute approximate surface area is 131 Å². The molecule has 2 aliphatic rings. The van der Waals surface area contributed by atoms with Gasteiger partial charge >= 0.3 is 0 Å². The van der Waals surface area contributed by atoms with Gasteiger partial charge in [-0.3, -0.25) is 19.7 Å². The zero-order valence-corrected chi connectivity index (χ0v) is 12.1. The van der Waals surface area contributed by atoms with Crippen molar-refractivity contribution in [1.29, 1.82) is 0 Å². The van der Waals surface area contributed by atoms with Gasteiger partial charge in [-0.2, -0.15) is 0 Å². The standard InChI is InChI=1S/C18H12N2O3/c21-16-12(9-11-3-1-2-4-15(11)19-16)7-10-5-6-13-14(8-10)18(23)20-17(13)22/h1-6,8-9,12H,7H2,(H,20,22,23). The molecule has 2 aromatic carbocycles. The molecule has 0 bridgehead atoms. The van der Waals surface area contributed by atoms with Gasteiger partial charge in [0.2, 0.25) is 0 Å². The van der Waals surface area contributed by atoms with Crippen molar-refractivity contribution in [2.45, 2.75) is 6.42 Å². The first kappa shape index (κ1) is 13.6. The number of hydrogen-bond donors (Lipinski definition) is 1. The molecule has 112 valence electrons. The van der Waals surface area contributed by atoms with E-state index >= 15 is 0 Å². The van der Waals surface area contributed by atoms with E-state index < -0.39 is 0 Å². The van der Waals surface area contributed by atoms with E-state index in [0.29, 0.717) is 22.9 Å². The van der Waals surface area contributed by atoms with Crippen molar-refractivity contribution in [3.63, 3.8) is 0 Å². The lowest BCUT2D eigenvalue weighted by Gasteiger charge is -2.12. The third-order valence-corrected chi connectivity index (χ3v) is 4.12. The molecule has 0 saturated carbocycles. The highest BCUT2D eigenvalue weighted by Crippen LogP contribution is 2.20. The maximum atomic E-state index is 12.2. The molecule has 1 atom stereocenters. The molecule has 5 nitrogen and oxygen atoms in total. The normalized spacial score (nSPS) is 18.6. The van der Waals surface area contributed by atoms with Gasteiger partial charge in [0.25, 0.3) is 17.7 Å². The largest absolute Gasteiger partial charge is 0.288 e. The van der Waals surface area contributed by atoms with E-state index in [2.05, 4.69) is 10.3 Å². The predicted molar refractivity (Wildman–Crippen MR) is 82.1 cm³/mol. The number of benzene rings is 2. The summed E-state index contributed by atoms with van der Waals surface area (Å²) < 4.78 is 0. The number of imide groups is 1. The van der Waals surface area contributed by atoms with Crippen LogP contribution in [-0.4, -0.2) is 17.7 Å². The average molecular weight is 304 g/mol. The van der Waals surface area contributed by atoms with E-state index in [1.165, 1.54) is 0 Å². The smallest absolute Gasteiger partial charge is 0.258 e. The van der Waals surface area contributed by atoms with Crippen LogP contribution in [0.4, 0.5) is 0 Å². The fourth-order valence-corrected chi connectivity index (χ4v) is 2.96. The van der Waals surface area contributed by atoms with Gasteiger partial charge in [-0.25, -0.2) is 4.99 Å². The quantitative estimate of drug-likeness (QED) is 0.815. The Bertz CT molecular complexity index is 992. The van der Waals surface area contributed by atoms with E-state index in [-0.39, 0.29) is 23.6 Å². The van der Waals surface area contributed by atoms with Crippen LogP contribution in [0, 0.1) is 5.92 Å². The Kier molecular flexibility index (Phi) is 2.94. The molecule has 2 aliphatic heterocycles. The van der Waals surface area contributed by atoms with E-state index in [1.54, 1.807) is 18.2 Å². The summed E-state index contributed by atoms with van der Waals surface area (Å²) in [6, 6.07) is 12.6. The SMILES string of the molecule is O=C1NC(=O)c2cc(CC3C=c4ccccc4=NC3=O)ccc21. The molecule has 4 rings (SSSR count). The molecule has 3 amide bonds.